The predicted molar refractivity (Wildman–Crippen MR) is 86.0 cm³/mol. The molecule has 3 rings (SSSR count). The molecule has 2 heterocycles. The molecule has 1 amide bonds. The lowest BCUT2D eigenvalue weighted by Gasteiger charge is -2.20. The van der Waals surface area contributed by atoms with Crippen LogP contribution < -0.4 is 0 Å². The molecule has 0 fully saturated rings. The second-order valence-electron chi connectivity index (χ2n) is 5.17. The van der Waals surface area contributed by atoms with E-state index in [9.17, 15) is 4.79 Å². The molecule has 0 spiro atoms. The number of aromatic nitrogens is 1. The lowest BCUT2D eigenvalue weighted by Crippen LogP contribution is -2.32. The third kappa shape index (κ3) is 3.27. The summed E-state index contributed by atoms with van der Waals surface area (Å²) in [5.74, 6) is 0.601. The van der Waals surface area contributed by atoms with E-state index in [1.165, 1.54) is 5.56 Å². The lowest BCUT2D eigenvalue weighted by molar-refractivity contribution is 0.0763. The maximum Gasteiger partial charge on any atom is 0.254 e. The van der Waals surface area contributed by atoms with E-state index in [1.807, 2.05) is 28.5 Å². The molecular formula is C16H17ClN2OS. The fraction of sp³-hybridized carbons (Fsp3) is 0.375. The number of carbonyl (C=O) groups is 1. The summed E-state index contributed by atoms with van der Waals surface area (Å²) in [6, 6.07) is 7.94. The number of halogens is 1. The minimum absolute atomic E-state index is 0.150. The zero-order valence-corrected chi connectivity index (χ0v) is 13.3. The maximum absolute atomic E-state index is 12.6. The number of thiazole rings is 1. The summed E-state index contributed by atoms with van der Waals surface area (Å²) in [6.07, 6.45) is 2.80. The Morgan fingerprint density at radius 1 is 1.33 bits per heavy atom. The van der Waals surface area contributed by atoms with E-state index in [4.69, 9.17) is 11.6 Å². The minimum Gasteiger partial charge on any atom is -0.338 e. The van der Waals surface area contributed by atoms with E-state index < -0.39 is 0 Å². The van der Waals surface area contributed by atoms with Crippen molar-refractivity contribution in [2.75, 3.05) is 13.1 Å². The van der Waals surface area contributed by atoms with Gasteiger partial charge in [-0.1, -0.05) is 18.2 Å². The zero-order chi connectivity index (χ0) is 14.7. The smallest absolute Gasteiger partial charge is 0.254 e. The van der Waals surface area contributed by atoms with Crippen molar-refractivity contribution in [1.82, 2.24) is 9.88 Å². The van der Waals surface area contributed by atoms with Crippen LogP contribution in [-0.4, -0.2) is 28.9 Å². The molecule has 0 aliphatic carbocycles. The number of hydrogen-bond donors (Lipinski definition) is 0. The highest BCUT2D eigenvalue weighted by Gasteiger charge is 2.21. The molecule has 0 unspecified atom stereocenters. The van der Waals surface area contributed by atoms with Crippen molar-refractivity contribution in [3.8, 4) is 0 Å². The van der Waals surface area contributed by atoms with Gasteiger partial charge in [0.2, 0.25) is 0 Å². The van der Waals surface area contributed by atoms with Gasteiger partial charge >= 0.3 is 0 Å². The van der Waals surface area contributed by atoms with Crippen LogP contribution in [0, 0.1) is 0 Å². The monoisotopic (exact) mass is 320 g/mol. The van der Waals surface area contributed by atoms with E-state index >= 15 is 0 Å². The van der Waals surface area contributed by atoms with E-state index in [0.29, 0.717) is 5.88 Å². The summed E-state index contributed by atoms with van der Waals surface area (Å²) < 4.78 is 0. The van der Waals surface area contributed by atoms with Crippen LogP contribution in [0.2, 0.25) is 0 Å². The van der Waals surface area contributed by atoms with Gasteiger partial charge in [-0.15, -0.1) is 22.9 Å². The van der Waals surface area contributed by atoms with Crippen molar-refractivity contribution < 1.29 is 4.79 Å². The Kier molecular flexibility index (Phi) is 4.56. The Labute approximate surface area is 133 Å². The number of hydrogen-bond acceptors (Lipinski definition) is 3. The van der Waals surface area contributed by atoms with Crippen molar-refractivity contribution in [2.45, 2.75) is 25.1 Å². The van der Waals surface area contributed by atoms with Crippen LogP contribution in [0.5, 0.6) is 0 Å². The molecule has 5 heteroatoms. The number of alkyl halides is 1. The molecule has 1 aliphatic heterocycles. The highest BCUT2D eigenvalue weighted by Crippen LogP contribution is 2.19. The number of fused-ring (bicyclic) bond motifs is 1. The Balaban J connectivity index is 1.69. The zero-order valence-electron chi connectivity index (χ0n) is 11.7. The van der Waals surface area contributed by atoms with Crippen molar-refractivity contribution in [3.63, 3.8) is 0 Å². The van der Waals surface area contributed by atoms with Crippen LogP contribution in [0.1, 0.15) is 33.0 Å². The number of amides is 1. The third-order valence-corrected chi connectivity index (χ3v) is 4.97. The molecule has 0 saturated carbocycles. The Morgan fingerprint density at radius 3 is 3.00 bits per heavy atom. The van der Waals surface area contributed by atoms with Crippen LogP contribution in [0.25, 0.3) is 0 Å². The molecule has 1 aromatic carbocycles. The Morgan fingerprint density at radius 2 is 2.19 bits per heavy atom. The fourth-order valence-corrected chi connectivity index (χ4v) is 3.66. The van der Waals surface area contributed by atoms with Crippen molar-refractivity contribution in [3.05, 3.63) is 51.5 Å². The van der Waals surface area contributed by atoms with Gasteiger partial charge in [-0.25, -0.2) is 4.98 Å². The first kappa shape index (κ1) is 14.5. The van der Waals surface area contributed by atoms with E-state index in [2.05, 4.69) is 11.1 Å². The van der Waals surface area contributed by atoms with E-state index in [0.717, 1.165) is 48.6 Å². The molecule has 0 radical (unpaired) electrons. The predicted octanol–water partition coefficient (Wildman–Crippen LogP) is 3.51. The third-order valence-electron chi connectivity index (χ3n) is 3.74. The summed E-state index contributed by atoms with van der Waals surface area (Å²) in [5, 5.41) is 3.04. The molecule has 1 aromatic heterocycles. The topological polar surface area (TPSA) is 33.2 Å². The quantitative estimate of drug-likeness (QED) is 0.808. The first-order valence-electron chi connectivity index (χ1n) is 7.14. The fourth-order valence-electron chi connectivity index (χ4n) is 2.65. The lowest BCUT2D eigenvalue weighted by atomic mass is 10.0. The highest BCUT2D eigenvalue weighted by molar-refractivity contribution is 7.09. The second kappa shape index (κ2) is 6.58. The molecule has 0 atom stereocenters. The van der Waals surface area contributed by atoms with Crippen LogP contribution in [0.3, 0.4) is 0 Å². The molecular weight excluding hydrogens is 304 g/mol. The molecule has 1 aliphatic rings. The van der Waals surface area contributed by atoms with Crippen LogP contribution in [-0.2, 0) is 18.7 Å². The summed E-state index contributed by atoms with van der Waals surface area (Å²) in [6.45, 7) is 1.55. The number of aryl methyl sites for hydroxylation is 1. The first-order valence-corrected chi connectivity index (χ1v) is 8.56. The Hall–Kier alpha value is -1.39. The maximum atomic E-state index is 12.6. The summed E-state index contributed by atoms with van der Waals surface area (Å²) in [4.78, 5) is 19.0. The molecule has 0 saturated heterocycles. The molecule has 110 valence electrons. The number of nitrogens with zero attached hydrogens (tertiary/aromatic N) is 2. The largest absolute Gasteiger partial charge is 0.338 e. The number of rotatable bonds is 4. The van der Waals surface area contributed by atoms with E-state index in [-0.39, 0.29) is 5.91 Å². The van der Waals surface area contributed by atoms with Gasteiger partial charge in [-0.2, -0.15) is 0 Å². The molecule has 21 heavy (non-hydrogen) atoms. The molecule has 2 aromatic rings. The standard InChI is InChI=1S/C16H17ClN2OS/c17-10-13-11-21-15(18-13)7-9-19-8-3-5-12-4-1-2-6-14(12)16(19)20/h1-2,4,6,11H,3,5,7-10H2. The van der Waals surface area contributed by atoms with Gasteiger partial charge in [0.05, 0.1) is 16.6 Å². The summed E-state index contributed by atoms with van der Waals surface area (Å²) in [7, 11) is 0. The van der Waals surface area contributed by atoms with Crippen LogP contribution in [0.4, 0.5) is 0 Å². The molecule has 3 nitrogen and oxygen atoms in total. The van der Waals surface area contributed by atoms with Gasteiger partial charge in [0, 0.05) is 30.5 Å². The van der Waals surface area contributed by atoms with Gasteiger partial charge in [-0.3, -0.25) is 4.79 Å². The average molecular weight is 321 g/mol. The first-order chi connectivity index (χ1) is 10.3. The van der Waals surface area contributed by atoms with Gasteiger partial charge < -0.3 is 4.90 Å². The Bertz CT molecular complexity index is 641. The normalized spacial score (nSPS) is 14.9. The van der Waals surface area contributed by atoms with Gasteiger partial charge in [0.15, 0.2) is 0 Å². The second-order valence-corrected chi connectivity index (χ2v) is 6.38. The highest BCUT2D eigenvalue weighted by atomic mass is 35.5. The summed E-state index contributed by atoms with van der Waals surface area (Å²) in [5.41, 5.74) is 2.95. The van der Waals surface area contributed by atoms with Crippen LogP contribution in [0.15, 0.2) is 29.6 Å². The van der Waals surface area contributed by atoms with Gasteiger partial charge in [0.25, 0.3) is 5.91 Å². The van der Waals surface area contributed by atoms with Crippen molar-refractivity contribution >= 4 is 28.8 Å². The summed E-state index contributed by atoms with van der Waals surface area (Å²) >= 11 is 7.39. The number of benzene rings is 1. The average Bonchev–Trinajstić information content (AvgIpc) is 2.92. The van der Waals surface area contributed by atoms with Crippen molar-refractivity contribution in [1.29, 1.82) is 0 Å². The van der Waals surface area contributed by atoms with Gasteiger partial charge in [0.1, 0.15) is 0 Å². The molecule has 0 bridgehead atoms. The molecule has 0 N–H and O–H groups in total. The van der Waals surface area contributed by atoms with Gasteiger partial charge in [-0.05, 0) is 24.5 Å². The minimum atomic E-state index is 0.150. The van der Waals surface area contributed by atoms with E-state index in [1.54, 1.807) is 11.3 Å². The number of carbonyl (C=O) groups excluding carboxylic acids is 1. The van der Waals surface area contributed by atoms with Crippen LogP contribution >= 0.6 is 22.9 Å². The van der Waals surface area contributed by atoms with Crippen molar-refractivity contribution in [2.24, 2.45) is 0 Å². The SMILES string of the molecule is O=C1c2ccccc2CCCN1CCc1nc(CCl)cs1.